The van der Waals surface area contributed by atoms with Gasteiger partial charge in [-0.05, 0) is 36.8 Å². The normalized spacial score (nSPS) is 10.6. The monoisotopic (exact) mass is 414 g/mol. The molecule has 0 saturated carbocycles. The molecule has 0 atom stereocenters. The number of hydrogen-bond acceptors (Lipinski definition) is 4. The van der Waals surface area contributed by atoms with Gasteiger partial charge in [-0.3, -0.25) is 5.32 Å². The molecule has 1 aromatic carbocycles. The number of halogens is 2. The molecule has 0 fully saturated rings. The molecular formula is C19H24Cl2N2O2S. The van der Waals surface area contributed by atoms with Crippen molar-refractivity contribution in [1.29, 1.82) is 0 Å². The van der Waals surface area contributed by atoms with Crippen molar-refractivity contribution in [2.24, 2.45) is 0 Å². The molecule has 0 spiro atoms. The summed E-state index contributed by atoms with van der Waals surface area (Å²) in [5.41, 5.74) is 1.50. The fraction of sp³-hybridized carbons (Fsp3) is 0.421. The van der Waals surface area contributed by atoms with Crippen LogP contribution in [0, 0.1) is 0 Å². The Bertz CT molecular complexity index is 721. The van der Waals surface area contributed by atoms with Gasteiger partial charge in [0.1, 0.15) is 0 Å². The molecule has 2 rings (SSSR count). The van der Waals surface area contributed by atoms with Crippen LogP contribution in [0.1, 0.15) is 37.5 Å². The topological polar surface area (TPSA) is 41.6 Å². The quantitative estimate of drug-likeness (QED) is 0.457. The smallest absolute Gasteiger partial charge is 0.411 e. The fourth-order valence-corrected chi connectivity index (χ4v) is 3.81. The van der Waals surface area contributed by atoms with Gasteiger partial charge in [0.05, 0.1) is 28.2 Å². The Kier molecular flexibility index (Phi) is 8.55. The largest absolute Gasteiger partial charge is 0.449 e. The van der Waals surface area contributed by atoms with E-state index in [1.807, 2.05) is 31.3 Å². The molecule has 26 heavy (non-hydrogen) atoms. The van der Waals surface area contributed by atoms with E-state index in [2.05, 4.69) is 17.1 Å². The van der Waals surface area contributed by atoms with Gasteiger partial charge >= 0.3 is 6.09 Å². The molecule has 0 saturated heterocycles. The summed E-state index contributed by atoms with van der Waals surface area (Å²) in [7, 11) is 1.98. The van der Waals surface area contributed by atoms with E-state index in [9.17, 15) is 4.79 Å². The lowest BCUT2D eigenvalue weighted by atomic mass is 10.2. The number of nitrogens with zero attached hydrogens (tertiary/aromatic N) is 1. The molecule has 0 unspecified atom stereocenters. The van der Waals surface area contributed by atoms with Crippen LogP contribution in [0.4, 0.5) is 16.2 Å². The van der Waals surface area contributed by atoms with Gasteiger partial charge in [0.2, 0.25) is 0 Å². The van der Waals surface area contributed by atoms with Gasteiger partial charge in [0.15, 0.2) is 0 Å². The highest BCUT2D eigenvalue weighted by Crippen LogP contribution is 2.29. The Balaban J connectivity index is 1.86. The highest BCUT2D eigenvalue weighted by Gasteiger charge is 2.10. The van der Waals surface area contributed by atoms with Gasteiger partial charge in [0, 0.05) is 17.6 Å². The highest BCUT2D eigenvalue weighted by molar-refractivity contribution is 7.16. The number of carbonyl (C=O) groups is 1. The first-order valence-electron chi connectivity index (χ1n) is 8.68. The summed E-state index contributed by atoms with van der Waals surface area (Å²) >= 11 is 13.8. The Labute approximate surface area is 169 Å². The zero-order chi connectivity index (χ0) is 18.9. The molecule has 0 aliphatic heterocycles. The number of ether oxygens (including phenoxy) is 1. The zero-order valence-corrected chi connectivity index (χ0v) is 17.4. The number of unbranched alkanes of at least 4 members (excludes halogenated alkanes) is 3. The third-order valence-electron chi connectivity index (χ3n) is 3.88. The minimum absolute atomic E-state index is 0.424. The average Bonchev–Trinajstić information content (AvgIpc) is 3.01. The van der Waals surface area contributed by atoms with Gasteiger partial charge in [0.25, 0.3) is 0 Å². The number of thiophene rings is 1. The second-order valence-electron chi connectivity index (χ2n) is 6.05. The van der Waals surface area contributed by atoms with E-state index in [0.717, 1.165) is 42.3 Å². The third-order valence-corrected chi connectivity index (χ3v) is 5.41. The third kappa shape index (κ3) is 6.71. The Hall–Kier alpha value is -1.43. The predicted octanol–water partition coefficient (Wildman–Crippen LogP) is 6.82. The first-order chi connectivity index (χ1) is 12.5. The molecule has 4 nitrogen and oxygen atoms in total. The lowest BCUT2D eigenvalue weighted by molar-refractivity contribution is 0.159. The molecule has 0 aliphatic rings. The second kappa shape index (κ2) is 10.7. The maximum absolute atomic E-state index is 11.8. The molecule has 1 N–H and O–H groups in total. The molecule has 0 aliphatic carbocycles. The van der Waals surface area contributed by atoms with Crippen LogP contribution in [0.2, 0.25) is 9.36 Å². The van der Waals surface area contributed by atoms with Crippen LogP contribution in [-0.2, 0) is 11.3 Å². The molecule has 142 valence electrons. The van der Waals surface area contributed by atoms with Crippen molar-refractivity contribution in [3.8, 4) is 0 Å². The summed E-state index contributed by atoms with van der Waals surface area (Å²) in [6.45, 7) is 3.31. The van der Waals surface area contributed by atoms with Crippen molar-refractivity contribution in [2.45, 2.75) is 39.2 Å². The van der Waals surface area contributed by atoms with E-state index in [4.69, 9.17) is 27.9 Å². The number of carbonyl (C=O) groups excluding carboxylic acids is 1. The molecule has 1 aromatic heterocycles. The first kappa shape index (κ1) is 20.9. The van der Waals surface area contributed by atoms with Crippen LogP contribution < -0.4 is 10.2 Å². The summed E-state index contributed by atoms with van der Waals surface area (Å²) < 4.78 is 5.95. The van der Waals surface area contributed by atoms with Gasteiger partial charge in [-0.2, -0.15) is 0 Å². The van der Waals surface area contributed by atoms with Gasteiger partial charge in [-0.25, -0.2) is 4.79 Å². The molecule has 2 aromatic rings. The maximum atomic E-state index is 11.8. The average molecular weight is 415 g/mol. The molecule has 1 heterocycles. The van der Waals surface area contributed by atoms with E-state index >= 15 is 0 Å². The number of hydrogen-bond donors (Lipinski definition) is 1. The minimum Gasteiger partial charge on any atom is -0.449 e. The first-order valence-corrected chi connectivity index (χ1v) is 10.3. The standard InChI is InChI=1S/C19H24Cl2N2O2S/c1-3-4-5-6-11-25-19(24)22-17-9-7-14(12-16(17)20)23(2)13-15-8-10-18(21)26-15/h7-10,12H,3-6,11,13H2,1-2H3,(H,22,24). The predicted molar refractivity (Wildman–Crippen MR) is 112 cm³/mol. The summed E-state index contributed by atoms with van der Waals surface area (Å²) in [6.07, 6.45) is 3.79. The number of amides is 1. The van der Waals surface area contributed by atoms with Crippen molar-refractivity contribution >= 4 is 52.0 Å². The van der Waals surface area contributed by atoms with Crippen molar-refractivity contribution in [1.82, 2.24) is 0 Å². The Morgan fingerprint density at radius 1 is 1.19 bits per heavy atom. The SMILES string of the molecule is CCCCCCOC(=O)Nc1ccc(N(C)Cc2ccc(Cl)s2)cc1Cl. The van der Waals surface area contributed by atoms with E-state index in [0.29, 0.717) is 17.3 Å². The van der Waals surface area contributed by atoms with Crippen LogP contribution >= 0.6 is 34.5 Å². The van der Waals surface area contributed by atoms with Crippen LogP contribution in [0.5, 0.6) is 0 Å². The maximum Gasteiger partial charge on any atom is 0.411 e. The molecule has 1 amide bonds. The number of benzene rings is 1. The second-order valence-corrected chi connectivity index (χ2v) is 8.25. The van der Waals surface area contributed by atoms with Crippen molar-refractivity contribution in [3.05, 3.63) is 44.6 Å². The minimum atomic E-state index is -0.474. The number of rotatable bonds is 9. The Morgan fingerprint density at radius 2 is 2.00 bits per heavy atom. The van der Waals surface area contributed by atoms with E-state index in [1.165, 1.54) is 4.88 Å². The number of anilines is 2. The van der Waals surface area contributed by atoms with E-state index < -0.39 is 6.09 Å². The summed E-state index contributed by atoms with van der Waals surface area (Å²) in [4.78, 5) is 15.1. The Morgan fingerprint density at radius 3 is 2.65 bits per heavy atom. The summed E-state index contributed by atoms with van der Waals surface area (Å²) in [5.74, 6) is 0. The van der Waals surface area contributed by atoms with Crippen molar-refractivity contribution < 1.29 is 9.53 Å². The van der Waals surface area contributed by atoms with Crippen LogP contribution in [-0.4, -0.2) is 19.7 Å². The lowest BCUT2D eigenvalue weighted by Gasteiger charge is -2.19. The summed E-state index contributed by atoms with van der Waals surface area (Å²) in [6, 6.07) is 9.43. The molecular weight excluding hydrogens is 391 g/mol. The van der Waals surface area contributed by atoms with E-state index in [1.54, 1.807) is 17.4 Å². The van der Waals surface area contributed by atoms with Crippen LogP contribution in [0.3, 0.4) is 0 Å². The zero-order valence-electron chi connectivity index (χ0n) is 15.1. The van der Waals surface area contributed by atoms with Gasteiger partial charge in [-0.15, -0.1) is 11.3 Å². The van der Waals surface area contributed by atoms with Gasteiger partial charge < -0.3 is 9.64 Å². The fourth-order valence-electron chi connectivity index (χ4n) is 2.44. The molecule has 0 radical (unpaired) electrons. The molecule has 0 bridgehead atoms. The highest BCUT2D eigenvalue weighted by atomic mass is 35.5. The van der Waals surface area contributed by atoms with Crippen molar-refractivity contribution in [3.63, 3.8) is 0 Å². The lowest BCUT2D eigenvalue weighted by Crippen LogP contribution is -2.17. The number of nitrogens with one attached hydrogen (secondary N) is 1. The molecule has 7 heteroatoms. The van der Waals surface area contributed by atoms with Crippen LogP contribution in [0.15, 0.2) is 30.3 Å². The van der Waals surface area contributed by atoms with Crippen molar-refractivity contribution in [2.75, 3.05) is 23.9 Å². The summed E-state index contributed by atoms with van der Waals surface area (Å²) in [5, 5.41) is 3.17. The van der Waals surface area contributed by atoms with Gasteiger partial charge in [-0.1, -0.05) is 49.4 Å². The van der Waals surface area contributed by atoms with E-state index in [-0.39, 0.29) is 0 Å². The van der Waals surface area contributed by atoms with Crippen LogP contribution in [0.25, 0.3) is 0 Å².